The first kappa shape index (κ1) is 19.2. The normalized spacial score (nSPS) is 24.2. The molecule has 1 unspecified atom stereocenters. The maximum atomic E-state index is 12.9. The second kappa shape index (κ2) is 7.61. The average molecular weight is 386 g/mol. The number of rotatable bonds is 5. The summed E-state index contributed by atoms with van der Waals surface area (Å²) in [5.41, 5.74) is 0. The van der Waals surface area contributed by atoms with Gasteiger partial charge in [0.1, 0.15) is 0 Å². The van der Waals surface area contributed by atoms with Crippen molar-refractivity contribution < 1.29 is 22.8 Å². The first-order chi connectivity index (χ1) is 12.3. The Morgan fingerprint density at radius 3 is 2.46 bits per heavy atom. The fraction of sp³-hybridized carbons (Fsp3) is 0.812. The summed E-state index contributed by atoms with van der Waals surface area (Å²) in [7, 11) is -3.63. The molecule has 2 fully saturated rings. The van der Waals surface area contributed by atoms with Crippen molar-refractivity contribution in [3.05, 3.63) is 11.7 Å². The van der Waals surface area contributed by atoms with E-state index in [2.05, 4.69) is 10.1 Å². The maximum absolute atomic E-state index is 12.9. The van der Waals surface area contributed by atoms with Crippen LogP contribution in [0.2, 0.25) is 0 Å². The van der Waals surface area contributed by atoms with Crippen LogP contribution >= 0.6 is 0 Å². The molecule has 1 aromatic heterocycles. The first-order valence-corrected chi connectivity index (χ1v) is 10.5. The lowest BCUT2D eigenvalue weighted by molar-refractivity contribution is -0.142. The van der Waals surface area contributed by atoms with E-state index < -0.39 is 22.1 Å². The number of carbonyl (C=O) groups is 1. The molecule has 10 heteroatoms. The minimum atomic E-state index is -3.63. The summed E-state index contributed by atoms with van der Waals surface area (Å²) in [4.78, 5) is 15.6. The van der Waals surface area contributed by atoms with E-state index in [1.165, 1.54) is 8.61 Å². The smallest absolute Gasteiger partial charge is 0.307 e. The minimum absolute atomic E-state index is 0.0546. The molecule has 0 amide bonds. The fourth-order valence-corrected chi connectivity index (χ4v) is 5.22. The fourth-order valence-electron chi connectivity index (χ4n) is 3.50. The van der Waals surface area contributed by atoms with Crippen LogP contribution in [0.5, 0.6) is 0 Å². The van der Waals surface area contributed by atoms with E-state index >= 15 is 0 Å². The molecule has 2 aliphatic heterocycles. The van der Waals surface area contributed by atoms with Gasteiger partial charge in [0, 0.05) is 38.0 Å². The highest BCUT2D eigenvalue weighted by molar-refractivity contribution is 7.86. The average Bonchev–Trinajstić information content (AvgIpc) is 3.12. The number of hydrogen-bond donors (Lipinski definition) is 1. The highest BCUT2D eigenvalue weighted by atomic mass is 32.2. The van der Waals surface area contributed by atoms with E-state index in [-0.39, 0.29) is 18.4 Å². The van der Waals surface area contributed by atoms with Gasteiger partial charge in [-0.1, -0.05) is 19.0 Å². The van der Waals surface area contributed by atoms with Gasteiger partial charge in [0.25, 0.3) is 10.2 Å². The summed E-state index contributed by atoms with van der Waals surface area (Å²) in [5, 5.41) is 13.2. The van der Waals surface area contributed by atoms with Crippen molar-refractivity contribution in [2.24, 2.45) is 5.92 Å². The Balaban J connectivity index is 1.62. The van der Waals surface area contributed by atoms with E-state index in [4.69, 9.17) is 4.52 Å². The Labute approximate surface area is 153 Å². The summed E-state index contributed by atoms with van der Waals surface area (Å²) in [6.45, 7) is 5.17. The third-order valence-electron chi connectivity index (χ3n) is 5.16. The lowest BCUT2D eigenvalue weighted by atomic mass is 9.98. The van der Waals surface area contributed by atoms with Crippen molar-refractivity contribution in [2.45, 2.75) is 51.4 Å². The molecule has 0 aromatic carbocycles. The van der Waals surface area contributed by atoms with Crippen LogP contribution < -0.4 is 0 Å². The molecule has 0 saturated carbocycles. The molecule has 146 valence electrons. The van der Waals surface area contributed by atoms with E-state index in [0.717, 1.165) is 0 Å². The molecule has 9 nitrogen and oxygen atoms in total. The van der Waals surface area contributed by atoms with Gasteiger partial charge in [-0.2, -0.15) is 22.0 Å². The van der Waals surface area contributed by atoms with Gasteiger partial charge < -0.3 is 9.63 Å². The molecule has 1 aromatic rings. The van der Waals surface area contributed by atoms with Gasteiger partial charge in [0.2, 0.25) is 5.89 Å². The van der Waals surface area contributed by atoms with Crippen molar-refractivity contribution in [1.82, 2.24) is 18.8 Å². The molecule has 3 rings (SSSR count). The molecular weight excluding hydrogens is 360 g/mol. The zero-order chi connectivity index (χ0) is 18.9. The molecular formula is C16H26N4O5S. The van der Waals surface area contributed by atoms with Crippen LogP contribution in [0.15, 0.2) is 4.52 Å². The van der Waals surface area contributed by atoms with Crippen LogP contribution in [0.4, 0.5) is 0 Å². The Morgan fingerprint density at radius 1 is 1.19 bits per heavy atom. The molecule has 0 radical (unpaired) electrons. The molecule has 2 aliphatic rings. The predicted octanol–water partition coefficient (Wildman–Crippen LogP) is 1.41. The van der Waals surface area contributed by atoms with Gasteiger partial charge in [0.05, 0.1) is 5.92 Å². The SMILES string of the molecule is CC(C)c1noc(C2CCN(S(=O)(=O)N3CCCC(C(=O)O)C3)CC2)n1. The van der Waals surface area contributed by atoms with Gasteiger partial charge in [-0.05, 0) is 25.7 Å². The second-order valence-corrected chi connectivity index (χ2v) is 9.29. The van der Waals surface area contributed by atoms with Gasteiger partial charge in [0.15, 0.2) is 5.82 Å². The zero-order valence-electron chi connectivity index (χ0n) is 15.2. The predicted molar refractivity (Wildman–Crippen MR) is 92.8 cm³/mol. The topological polar surface area (TPSA) is 117 Å². The van der Waals surface area contributed by atoms with Crippen molar-refractivity contribution in [1.29, 1.82) is 0 Å². The Morgan fingerprint density at radius 2 is 1.88 bits per heavy atom. The summed E-state index contributed by atoms with van der Waals surface area (Å²) in [5.74, 6) is -0.0496. The van der Waals surface area contributed by atoms with Crippen LogP contribution in [0.25, 0.3) is 0 Å². The molecule has 3 heterocycles. The van der Waals surface area contributed by atoms with E-state index in [9.17, 15) is 18.3 Å². The van der Waals surface area contributed by atoms with Crippen LogP contribution in [0.3, 0.4) is 0 Å². The van der Waals surface area contributed by atoms with Crippen molar-refractivity contribution >= 4 is 16.2 Å². The van der Waals surface area contributed by atoms with Crippen molar-refractivity contribution in [3.8, 4) is 0 Å². The Bertz CT molecular complexity index is 740. The van der Waals surface area contributed by atoms with Crippen molar-refractivity contribution in [2.75, 3.05) is 26.2 Å². The summed E-state index contributed by atoms with van der Waals surface area (Å²) >= 11 is 0. The highest BCUT2D eigenvalue weighted by Gasteiger charge is 2.38. The molecule has 2 saturated heterocycles. The number of aromatic nitrogens is 2. The van der Waals surface area contributed by atoms with Crippen LogP contribution in [0, 0.1) is 5.92 Å². The van der Waals surface area contributed by atoms with Crippen LogP contribution in [-0.2, 0) is 15.0 Å². The van der Waals surface area contributed by atoms with Gasteiger partial charge in [-0.3, -0.25) is 4.79 Å². The number of piperidine rings is 2. The van der Waals surface area contributed by atoms with Gasteiger partial charge >= 0.3 is 5.97 Å². The number of hydrogen-bond acceptors (Lipinski definition) is 6. The minimum Gasteiger partial charge on any atom is -0.481 e. The van der Waals surface area contributed by atoms with Gasteiger partial charge in [-0.15, -0.1) is 0 Å². The molecule has 1 atom stereocenters. The molecule has 26 heavy (non-hydrogen) atoms. The maximum Gasteiger partial charge on any atom is 0.307 e. The number of aliphatic carboxylic acids is 1. The van der Waals surface area contributed by atoms with Crippen LogP contribution in [-0.4, -0.2) is 64.4 Å². The number of carboxylic acids is 1. The van der Waals surface area contributed by atoms with Gasteiger partial charge in [-0.25, -0.2) is 0 Å². The molecule has 0 aliphatic carbocycles. The largest absolute Gasteiger partial charge is 0.481 e. The zero-order valence-corrected chi connectivity index (χ0v) is 16.0. The Hall–Kier alpha value is -1.52. The molecule has 0 bridgehead atoms. The Kier molecular flexibility index (Phi) is 5.64. The highest BCUT2D eigenvalue weighted by Crippen LogP contribution is 2.30. The third kappa shape index (κ3) is 3.91. The third-order valence-corrected chi connectivity index (χ3v) is 7.16. The summed E-state index contributed by atoms with van der Waals surface area (Å²) < 4.78 is 33.8. The van der Waals surface area contributed by atoms with Crippen LogP contribution in [0.1, 0.15) is 63.1 Å². The second-order valence-electron chi connectivity index (χ2n) is 7.36. The van der Waals surface area contributed by atoms with Crippen molar-refractivity contribution in [3.63, 3.8) is 0 Å². The first-order valence-electron chi connectivity index (χ1n) is 9.10. The quantitative estimate of drug-likeness (QED) is 0.813. The lowest BCUT2D eigenvalue weighted by Crippen LogP contribution is -2.51. The van der Waals surface area contributed by atoms with E-state index in [0.29, 0.717) is 57.0 Å². The molecule has 0 spiro atoms. The van der Waals surface area contributed by atoms with E-state index in [1.807, 2.05) is 13.8 Å². The summed E-state index contributed by atoms with van der Waals surface area (Å²) in [6.07, 6.45) is 2.34. The number of nitrogens with zero attached hydrogens (tertiary/aromatic N) is 4. The summed E-state index contributed by atoms with van der Waals surface area (Å²) in [6, 6.07) is 0. The number of carboxylic acid groups (broad SMARTS) is 1. The van der Waals surface area contributed by atoms with E-state index in [1.54, 1.807) is 0 Å². The molecule has 1 N–H and O–H groups in total. The standard InChI is InChI=1S/C16H26N4O5S/c1-11(2)14-17-15(25-18-14)12-5-8-19(9-6-12)26(23,24)20-7-3-4-13(10-20)16(21)22/h11-13H,3-10H2,1-2H3,(H,21,22). The monoisotopic (exact) mass is 386 g/mol. The lowest BCUT2D eigenvalue weighted by Gasteiger charge is -2.36.